The Morgan fingerprint density at radius 2 is 2.00 bits per heavy atom. The van der Waals surface area contributed by atoms with E-state index in [0.717, 1.165) is 22.7 Å². The highest BCUT2D eigenvalue weighted by Crippen LogP contribution is 2.18. The second-order valence-corrected chi connectivity index (χ2v) is 4.39. The summed E-state index contributed by atoms with van der Waals surface area (Å²) in [6.45, 7) is 2.72. The lowest BCUT2D eigenvalue weighted by Crippen LogP contribution is -2.01. The number of hydrogen-bond donors (Lipinski definition) is 1. The summed E-state index contributed by atoms with van der Waals surface area (Å²) >= 11 is 0. The number of methoxy groups -OCH3 is 1. The van der Waals surface area contributed by atoms with E-state index in [4.69, 9.17) is 10.00 Å². The molecule has 0 unspecified atom stereocenters. The van der Waals surface area contributed by atoms with Crippen LogP contribution in [0.25, 0.3) is 0 Å². The van der Waals surface area contributed by atoms with E-state index < -0.39 is 0 Å². The number of anilines is 1. The number of ether oxygens (including phenoxy) is 1. The number of hydrogen-bond acceptors (Lipinski definition) is 3. The van der Waals surface area contributed by atoms with Crippen LogP contribution < -0.4 is 10.1 Å². The molecule has 0 aliphatic carbocycles. The van der Waals surface area contributed by atoms with Crippen molar-refractivity contribution in [3.63, 3.8) is 0 Å². The van der Waals surface area contributed by atoms with Gasteiger partial charge >= 0.3 is 0 Å². The summed E-state index contributed by atoms with van der Waals surface area (Å²) in [5, 5.41) is 12.3. The molecule has 0 bridgehead atoms. The van der Waals surface area contributed by atoms with Crippen molar-refractivity contribution in [1.82, 2.24) is 4.57 Å². The Labute approximate surface area is 113 Å². The van der Waals surface area contributed by atoms with Gasteiger partial charge in [-0.25, -0.2) is 0 Å². The molecule has 0 saturated carbocycles. The second-order valence-electron chi connectivity index (χ2n) is 4.39. The minimum Gasteiger partial charge on any atom is -0.497 e. The molecule has 4 nitrogen and oxygen atoms in total. The maximum atomic E-state index is 8.99. The predicted molar refractivity (Wildman–Crippen MR) is 75.2 cm³/mol. The fraction of sp³-hybridized carbons (Fsp3) is 0.267. The normalized spacial score (nSPS) is 10.0. The SMILES string of the molecule is COc1ccc(NCc2cc(C#N)n(C)c2C)cc1. The van der Waals surface area contributed by atoms with Crippen molar-refractivity contribution in [3.05, 3.63) is 47.3 Å². The van der Waals surface area contributed by atoms with Crippen molar-refractivity contribution in [2.45, 2.75) is 13.5 Å². The Balaban J connectivity index is 2.08. The average Bonchev–Trinajstić information content (AvgIpc) is 2.73. The lowest BCUT2D eigenvalue weighted by molar-refractivity contribution is 0.415. The van der Waals surface area contributed by atoms with Crippen LogP contribution in [0.15, 0.2) is 30.3 Å². The van der Waals surface area contributed by atoms with E-state index in [1.165, 1.54) is 0 Å². The maximum Gasteiger partial charge on any atom is 0.120 e. The van der Waals surface area contributed by atoms with Crippen LogP contribution >= 0.6 is 0 Å². The van der Waals surface area contributed by atoms with Crippen molar-refractivity contribution in [2.24, 2.45) is 7.05 Å². The quantitative estimate of drug-likeness (QED) is 0.914. The fourth-order valence-electron chi connectivity index (χ4n) is 1.95. The van der Waals surface area contributed by atoms with Crippen molar-refractivity contribution in [3.8, 4) is 11.8 Å². The predicted octanol–water partition coefficient (Wildman–Crippen LogP) is 2.83. The Morgan fingerprint density at radius 1 is 1.32 bits per heavy atom. The molecule has 0 fully saturated rings. The minimum absolute atomic E-state index is 0.684. The zero-order valence-corrected chi connectivity index (χ0v) is 11.4. The molecule has 0 spiro atoms. The first-order chi connectivity index (χ1) is 9.15. The minimum atomic E-state index is 0.684. The molecule has 1 aromatic heterocycles. The molecule has 2 aromatic rings. The van der Waals surface area contributed by atoms with Gasteiger partial charge in [0.1, 0.15) is 17.5 Å². The highest BCUT2D eigenvalue weighted by Gasteiger charge is 2.08. The Morgan fingerprint density at radius 3 is 2.53 bits per heavy atom. The van der Waals surface area contributed by atoms with Crippen molar-refractivity contribution in [2.75, 3.05) is 12.4 Å². The highest BCUT2D eigenvalue weighted by molar-refractivity contribution is 5.47. The maximum absolute atomic E-state index is 8.99. The molecule has 0 atom stereocenters. The molecule has 1 heterocycles. The van der Waals surface area contributed by atoms with Gasteiger partial charge in [0.05, 0.1) is 7.11 Å². The lowest BCUT2D eigenvalue weighted by atomic mass is 10.2. The summed E-state index contributed by atoms with van der Waals surface area (Å²) in [5.41, 5.74) is 3.96. The van der Waals surface area contributed by atoms with Crippen LogP contribution in [-0.2, 0) is 13.6 Å². The summed E-state index contributed by atoms with van der Waals surface area (Å²) < 4.78 is 7.03. The Kier molecular flexibility index (Phi) is 3.76. The molecular weight excluding hydrogens is 238 g/mol. The number of aromatic nitrogens is 1. The first kappa shape index (κ1) is 13.0. The van der Waals surface area contributed by atoms with Gasteiger partial charge in [0, 0.05) is 25.0 Å². The average molecular weight is 255 g/mol. The van der Waals surface area contributed by atoms with E-state index >= 15 is 0 Å². The number of rotatable bonds is 4. The lowest BCUT2D eigenvalue weighted by Gasteiger charge is -2.07. The Hall–Kier alpha value is -2.41. The van der Waals surface area contributed by atoms with Gasteiger partial charge in [0.15, 0.2) is 0 Å². The van der Waals surface area contributed by atoms with Crippen molar-refractivity contribution >= 4 is 5.69 Å². The van der Waals surface area contributed by atoms with Crippen molar-refractivity contribution < 1.29 is 4.74 Å². The van der Waals surface area contributed by atoms with E-state index in [0.29, 0.717) is 12.2 Å². The molecule has 1 aromatic carbocycles. The van der Waals surface area contributed by atoms with Gasteiger partial charge in [-0.2, -0.15) is 5.26 Å². The van der Waals surface area contributed by atoms with Crippen LogP contribution in [0, 0.1) is 18.3 Å². The van der Waals surface area contributed by atoms with E-state index in [1.807, 2.05) is 48.9 Å². The van der Waals surface area contributed by atoms with Gasteiger partial charge in [0.25, 0.3) is 0 Å². The summed E-state index contributed by atoms with van der Waals surface area (Å²) in [4.78, 5) is 0. The van der Waals surface area contributed by atoms with Gasteiger partial charge in [-0.3, -0.25) is 0 Å². The molecule has 0 amide bonds. The van der Waals surface area contributed by atoms with E-state index in [2.05, 4.69) is 11.4 Å². The van der Waals surface area contributed by atoms with Crippen LogP contribution in [0.4, 0.5) is 5.69 Å². The first-order valence-corrected chi connectivity index (χ1v) is 6.09. The Bertz CT molecular complexity index is 606. The van der Waals surface area contributed by atoms with Crippen LogP contribution in [0.5, 0.6) is 5.75 Å². The zero-order valence-electron chi connectivity index (χ0n) is 11.4. The van der Waals surface area contributed by atoms with Crippen LogP contribution in [0.1, 0.15) is 17.0 Å². The van der Waals surface area contributed by atoms with Gasteiger partial charge < -0.3 is 14.6 Å². The topological polar surface area (TPSA) is 50.0 Å². The van der Waals surface area contributed by atoms with E-state index in [9.17, 15) is 0 Å². The molecule has 2 rings (SSSR count). The summed E-state index contributed by atoms with van der Waals surface area (Å²) in [6, 6.07) is 11.9. The third-order valence-electron chi connectivity index (χ3n) is 3.33. The number of nitriles is 1. The molecular formula is C15H17N3O. The highest BCUT2D eigenvalue weighted by atomic mass is 16.5. The van der Waals surface area contributed by atoms with Crippen LogP contribution in [0.2, 0.25) is 0 Å². The molecule has 0 saturated heterocycles. The van der Waals surface area contributed by atoms with E-state index in [1.54, 1.807) is 7.11 Å². The van der Waals surface area contributed by atoms with Crippen LogP contribution in [-0.4, -0.2) is 11.7 Å². The summed E-state index contributed by atoms with van der Waals surface area (Å²) in [5.74, 6) is 0.841. The molecule has 0 aliphatic heterocycles. The smallest absolute Gasteiger partial charge is 0.120 e. The molecule has 0 aliphatic rings. The zero-order chi connectivity index (χ0) is 13.8. The van der Waals surface area contributed by atoms with Crippen LogP contribution in [0.3, 0.4) is 0 Å². The second kappa shape index (κ2) is 5.49. The molecule has 0 radical (unpaired) electrons. The molecule has 4 heteroatoms. The summed E-state index contributed by atoms with van der Waals surface area (Å²) in [7, 11) is 3.56. The monoisotopic (exact) mass is 255 g/mol. The standard InChI is InChI=1S/C15H17N3O/c1-11-12(8-14(9-16)18(11)2)10-17-13-4-6-15(19-3)7-5-13/h4-8,17H,10H2,1-3H3. The number of nitrogens with zero attached hydrogens (tertiary/aromatic N) is 2. The first-order valence-electron chi connectivity index (χ1n) is 6.09. The molecule has 1 N–H and O–H groups in total. The third kappa shape index (κ3) is 2.71. The third-order valence-corrected chi connectivity index (χ3v) is 3.33. The fourth-order valence-corrected chi connectivity index (χ4v) is 1.95. The number of nitrogens with one attached hydrogen (secondary N) is 1. The summed E-state index contributed by atoms with van der Waals surface area (Å²) in [6.07, 6.45) is 0. The molecule has 19 heavy (non-hydrogen) atoms. The number of benzene rings is 1. The van der Waals surface area contributed by atoms with Gasteiger partial charge in [-0.1, -0.05) is 0 Å². The van der Waals surface area contributed by atoms with Gasteiger partial charge in [-0.05, 0) is 42.8 Å². The molecule has 98 valence electrons. The largest absolute Gasteiger partial charge is 0.497 e. The van der Waals surface area contributed by atoms with Gasteiger partial charge in [-0.15, -0.1) is 0 Å². The van der Waals surface area contributed by atoms with Gasteiger partial charge in [0.2, 0.25) is 0 Å². The van der Waals surface area contributed by atoms with E-state index in [-0.39, 0.29) is 0 Å². The van der Waals surface area contributed by atoms with Crippen molar-refractivity contribution in [1.29, 1.82) is 5.26 Å².